The number of benzene rings is 1. The molecule has 0 atom stereocenters. The van der Waals surface area contributed by atoms with E-state index in [0.29, 0.717) is 11.3 Å². The molecule has 20 heavy (non-hydrogen) atoms. The average Bonchev–Trinajstić information content (AvgIpc) is 2.50. The fourth-order valence-electron chi connectivity index (χ4n) is 1.57. The molecule has 0 radical (unpaired) electrons. The first-order valence-corrected chi connectivity index (χ1v) is 7.04. The molecule has 0 unspecified atom stereocenters. The van der Waals surface area contributed by atoms with Gasteiger partial charge in [-0.3, -0.25) is 10.2 Å². The Labute approximate surface area is 122 Å². The van der Waals surface area contributed by atoms with E-state index in [0.717, 1.165) is 28.8 Å². The summed E-state index contributed by atoms with van der Waals surface area (Å²) < 4.78 is 5.26. The molecule has 0 aliphatic heterocycles. The number of carbonyl (C=O) groups is 1. The van der Waals surface area contributed by atoms with E-state index in [2.05, 4.69) is 5.22 Å². The number of aryl methyl sites for hydroxylation is 1. The van der Waals surface area contributed by atoms with Gasteiger partial charge in [-0.15, -0.1) is 0 Å². The molecule has 6 nitrogen and oxygen atoms in total. The summed E-state index contributed by atoms with van der Waals surface area (Å²) in [5.41, 5.74) is 8.40. The zero-order valence-corrected chi connectivity index (χ0v) is 12.6. The van der Waals surface area contributed by atoms with Gasteiger partial charge < -0.3 is 4.74 Å². The average molecular weight is 294 g/mol. The van der Waals surface area contributed by atoms with Crippen LogP contribution in [0.3, 0.4) is 0 Å². The van der Waals surface area contributed by atoms with Crippen molar-refractivity contribution in [2.75, 3.05) is 19.9 Å². The van der Waals surface area contributed by atoms with Crippen molar-refractivity contribution < 1.29 is 9.53 Å². The first-order valence-electron chi connectivity index (χ1n) is 6.06. The molecule has 1 rings (SSSR count). The van der Waals surface area contributed by atoms with Crippen molar-refractivity contribution in [3.05, 3.63) is 29.3 Å². The van der Waals surface area contributed by atoms with Gasteiger partial charge in [-0.2, -0.15) is 5.53 Å². The Morgan fingerprint density at radius 3 is 2.75 bits per heavy atom. The molecule has 0 aromatic heterocycles. The Hall–Kier alpha value is -1.89. The molecular weight excluding hydrogens is 276 g/mol. The smallest absolute Gasteiger partial charge is 0.178 e. The summed E-state index contributed by atoms with van der Waals surface area (Å²) >= 11 is 1.04. The van der Waals surface area contributed by atoms with Crippen molar-refractivity contribution in [1.82, 2.24) is 5.01 Å². The van der Waals surface area contributed by atoms with Crippen molar-refractivity contribution >= 4 is 22.7 Å². The Bertz CT molecular complexity index is 519. The second-order valence-corrected chi connectivity index (χ2v) is 4.98. The van der Waals surface area contributed by atoms with Crippen molar-refractivity contribution in [3.63, 3.8) is 0 Å². The van der Waals surface area contributed by atoms with E-state index >= 15 is 0 Å². The maximum atomic E-state index is 12.1. The van der Waals surface area contributed by atoms with Gasteiger partial charge in [0.05, 0.1) is 12.9 Å². The van der Waals surface area contributed by atoms with Gasteiger partial charge in [0.1, 0.15) is 5.75 Å². The van der Waals surface area contributed by atoms with Gasteiger partial charge >= 0.3 is 0 Å². The number of methoxy groups -OCH3 is 1. The van der Waals surface area contributed by atoms with E-state index < -0.39 is 0 Å². The van der Waals surface area contributed by atoms with Gasteiger partial charge in [0.15, 0.2) is 11.0 Å². The number of hydrogen-bond acceptors (Lipinski definition) is 6. The van der Waals surface area contributed by atoms with Crippen LogP contribution in [0.4, 0.5) is 0 Å². The molecule has 7 heteroatoms. The number of hydrogen-bond donors (Lipinski definition) is 2. The normalized spacial score (nSPS) is 9.95. The quantitative estimate of drug-likeness (QED) is 0.277. The Morgan fingerprint density at radius 2 is 2.20 bits per heavy atom. The summed E-state index contributed by atoms with van der Waals surface area (Å²) in [6.45, 7) is 2.02. The van der Waals surface area contributed by atoms with Crippen LogP contribution in [0, 0.1) is 10.9 Å². The van der Waals surface area contributed by atoms with E-state index in [1.165, 1.54) is 7.05 Å². The monoisotopic (exact) mass is 294 g/mol. The fourth-order valence-corrected chi connectivity index (χ4v) is 2.23. The Morgan fingerprint density at radius 1 is 1.50 bits per heavy atom. The van der Waals surface area contributed by atoms with E-state index in [9.17, 15) is 4.79 Å². The van der Waals surface area contributed by atoms with E-state index in [1.807, 2.05) is 13.0 Å². The van der Waals surface area contributed by atoms with Crippen LogP contribution in [-0.2, 0) is 6.42 Å². The van der Waals surface area contributed by atoms with Crippen molar-refractivity contribution in [2.45, 2.75) is 13.3 Å². The van der Waals surface area contributed by atoms with Crippen LogP contribution in [0.5, 0.6) is 5.75 Å². The zero-order chi connectivity index (χ0) is 15.1. The topological polar surface area (TPSA) is 89.6 Å². The number of ketones is 1. The lowest BCUT2D eigenvalue weighted by molar-refractivity contribution is 0.102. The lowest BCUT2D eigenvalue weighted by atomic mass is 10.1. The standard InChI is InChI=1S/C13H18N4O2S/c1-4-9-5-6-10(7-12(9)19-3)11(18)8-20-13(14)17(2)16-15/h5-7,14-15H,4,8H2,1-3H3. The molecule has 0 saturated heterocycles. The number of amidine groups is 1. The lowest BCUT2D eigenvalue weighted by Crippen LogP contribution is -2.17. The zero-order valence-electron chi connectivity index (χ0n) is 11.8. The van der Waals surface area contributed by atoms with E-state index in [1.54, 1.807) is 19.2 Å². The van der Waals surface area contributed by atoms with Crippen molar-refractivity contribution in [2.24, 2.45) is 5.22 Å². The van der Waals surface area contributed by atoms with Crippen LogP contribution in [-0.4, -0.2) is 35.9 Å². The van der Waals surface area contributed by atoms with Crippen LogP contribution < -0.4 is 4.74 Å². The van der Waals surface area contributed by atoms with Gasteiger partial charge in [0.2, 0.25) is 0 Å². The summed E-state index contributed by atoms with van der Waals surface area (Å²) in [5, 5.41) is 11.8. The van der Waals surface area contributed by atoms with Crippen molar-refractivity contribution in [1.29, 1.82) is 10.9 Å². The largest absolute Gasteiger partial charge is 0.496 e. The molecule has 0 aliphatic rings. The molecule has 1 aromatic carbocycles. The predicted molar refractivity (Wildman–Crippen MR) is 79.8 cm³/mol. The molecule has 1 aromatic rings. The van der Waals surface area contributed by atoms with Crippen LogP contribution in [0.25, 0.3) is 0 Å². The van der Waals surface area contributed by atoms with Crippen molar-refractivity contribution in [3.8, 4) is 5.75 Å². The molecule has 0 saturated carbocycles. The SMILES string of the molecule is CCc1ccc(C(=O)CSC(=N)N(C)N=N)cc1OC. The number of nitrogens with one attached hydrogen (secondary N) is 2. The molecule has 0 spiro atoms. The van der Waals surface area contributed by atoms with Gasteiger partial charge in [-0.25, -0.2) is 5.01 Å². The molecule has 0 bridgehead atoms. The van der Waals surface area contributed by atoms with Gasteiger partial charge in [-0.1, -0.05) is 36.0 Å². The third kappa shape index (κ3) is 4.06. The van der Waals surface area contributed by atoms with Crippen LogP contribution in [0.2, 0.25) is 0 Å². The lowest BCUT2D eigenvalue weighted by Gasteiger charge is -2.11. The fraction of sp³-hybridized carbons (Fsp3) is 0.385. The highest BCUT2D eigenvalue weighted by atomic mass is 32.2. The Kier molecular flexibility index (Phi) is 6.17. The molecule has 0 heterocycles. The van der Waals surface area contributed by atoms with Gasteiger partial charge in [-0.05, 0) is 18.1 Å². The molecule has 0 fully saturated rings. The summed E-state index contributed by atoms with van der Waals surface area (Å²) in [4.78, 5) is 12.1. The van der Waals surface area contributed by atoms with E-state index in [-0.39, 0.29) is 16.7 Å². The van der Waals surface area contributed by atoms with E-state index in [4.69, 9.17) is 15.7 Å². The molecular formula is C13H18N4O2S. The van der Waals surface area contributed by atoms with Crippen LogP contribution in [0.15, 0.2) is 23.4 Å². The highest BCUT2D eigenvalue weighted by Crippen LogP contribution is 2.22. The first-order chi connectivity index (χ1) is 9.53. The maximum absolute atomic E-state index is 12.1. The number of ether oxygens (including phenoxy) is 1. The number of nitrogens with zero attached hydrogens (tertiary/aromatic N) is 2. The van der Waals surface area contributed by atoms with Crippen LogP contribution in [0.1, 0.15) is 22.8 Å². The molecule has 108 valence electrons. The van der Waals surface area contributed by atoms with Gasteiger partial charge in [0.25, 0.3) is 0 Å². The first kappa shape index (κ1) is 16.2. The minimum Gasteiger partial charge on any atom is -0.496 e. The molecule has 0 amide bonds. The Balaban J connectivity index is 2.73. The third-order valence-electron chi connectivity index (χ3n) is 2.77. The predicted octanol–water partition coefficient (Wildman–Crippen LogP) is 2.99. The van der Waals surface area contributed by atoms with Crippen LogP contribution >= 0.6 is 11.8 Å². The number of rotatable bonds is 6. The number of carbonyl (C=O) groups excluding carboxylic acids is 1. The number of thioether (sulfide) groups is 1. The minimum absolute atomic E-state index is 0.0606. The highest BCUT2D eigenvalue weighted by molar-refractivity contribution is 8.14. The summed E-state index contributed by atoms with van der Waals surface area (Å²) in [5.74, 6) is 0.753. The second kappa shape index (κ2) is 7.64. The molecule has 0 aliphatic carbocycles. The molecule has 2 N–H and O–H groups in total. The number of Topliss-reactive ketones (excluding diaryl/α,β-unsaturated/α-hetero) is 1. The minimum atomic E-state index is -0.0842. The van der Waals surface area contributed by atoms with Gasteiger partial charge in [0, 0.05) is 12.6 Å². The highest BCUT2D eigenvalue weighted by Gasteiger charge is 2.12. The summed E-state index contributed by atoms with van der Waals surface area (Å²) in [7, 11) is 3.07. The summed E-state index contributed by atoms with van der Waals surface area (Å²) in [6, 6.07) is 5.38. The second-order valence-electron chi connectivity index (χ2n) is 4.02. The summed E-state index contributed by atoms with van der Waals surface area (Å²) in [6.07, 6.45) is 0.840. The maximum Gasteiger partial charge on any atom is 0.178 e. The third-order valence-corrected chi connectivity index (χ3v) is 3.72.